The van der Waals surface area contributed by atoms with E-state index in [0.29, 0.717) is 12.1 Å². The number of likely N-dealkylation sites (N-methyl/N-ethyl adjacent to an activating group) is 1. The van der Waals surface area contributed by atoms with Crippen molar-refractivity contribution in [2.24, 2.45) is 11.1 Å². The molecule has 0 fully saturated rings. The highest BCUT2D eigenvalue weighted by atomic mass is 35.5. The number of halogens is 2. The van der Waals surface area contributed by atoms with Gasteiger partial charge in [0.25, 0.3) is 0 Å². The molecule has 1 unspecified atom stereocenters. The summed E-state index contributed by atoms with van der Waals surface area (Å²) >= 11 is 5.82. The van der Waals surface area contributed by atoms with Crippen molar-refractivity contribution in [2.75, 3.05) is 20.1 Å². The summed E-state index contributed by atoms with van der Waals surface area (Å²) in [5, 5.41) is 0.148. The van der Waals surface area contributed by atoms with Crippen molar-refractivity contribution < 1.29 is 4.39 Å². The van der Waals surface area contributed by atoms with Crippen molar-refractivity contribution in [3.8, 4) is 0 Å². The lowest BCUT2D eigenvalue weighted by molar-refractivity contribution is 0.173. The fraction of sp³-hybridized carbons (Fsp3) is 0.571. The molecule has 1 rings (SSSR count). The molecular formula is C14H22ClFN2. The van der Waals surface area contributed by atoms with Crippen LogP contribution < -0.4 is 5.73 Å². The minimum atomic E-state index is -0.365. The maximum absolute atomic E-state index is 14.0. The molecule has 0 aliphatic carbocycles. The normalized spacial score (nSPS) is 14.0. The second-order valence-electron chi connectivity index (χ2n) is 5.87. The lowest BCUT2D eigenvalue weighted by Gasteiger charge is -2.33. The molecule has 4 heteroatoms. The van der Waals surface area contributed by atoms with Crippen LogP contribution in [0.1, 0.15) is 32.4 Å². The Morgan fingerprint density at radius 2 is 2.00 bits per heavy atom. The van der Waals surface area contributed by atoms with Gasteiger partial charge in [0.1, 0.15) is 5.82 Å². The van der Waals surface area contributed by atoms with E-state index in [-0.39, 0.29) is 22.3 Å². The summed E-state index contributed by atoms with van der Waals surface area (Å²) in [5.41, 5.74) is 6.49. The standard InChI is InChI=1S/C14H22ClFN2/c1-14(2,3)9-18(4)12(8-17)10-6-5-7-11(15)13(10)16/h5-7,12H,8-9,17H2,1-4H3. The van der Waals surface area contributed by atoms with E-state index in [1.807, 2.05) is 7.05 Å². The fourth-order valence-corrected chi connectivity index (χ4v) is 2.36. The van der Waals surface area contributed by atoms with Crippen molar-refractivity contribution in [3.05, 3.63) is 34.6 Å². The molecule has 0 saturated heterocycles. The molecule has 0 spiro atoms. The van der Waals surface area contributed by atoms with Crippen LogP contribution in [0.3, 0.4) is 0 Å². The third-order valence-corrected chi connectivity index (χ3v) is 3.11. The Balaban J connectivity index is 2.99. The van der Waals surface area contributed by atoms with Crippen LogP contribution in [0.4, 0.5) is 4.39 Å². The molecule has 102 valence electrons. The van der Waals surface area contributed by atoms with Gasteiger partial charge in [0, 0.05) is 24.7 Å². The van der Waals surface area contributed by atoms with Gasteiger partial charge < -0.3 is 5.73 Å². The lowest BCUT2D eigenvalue weighted by Crippen LogP contribution is -2.36. The number of nitrogens with zero attached hydrogens (tertiary/aromatic N) is 1. The lowest BCUT2D eigenvalue weighted by atomic mass is 9.94. The molecule has 2 nitrogen and oxygen atoms in total. The molecule has 0 aliphatic rings. The minimum Gasteiger partial charge on any atom is -0.329 e. The predicted molar refractivity (Wildman–Crippen MR) is 75.3 cm³/mol. The number of rotatable bonds is 4. The number of benzene rings is 1. The smallest absolute Gasteiger partial charge is 0.146 e. The predicted octanol–water partition coefficient (Wildman–Crippen LogP) is 3.46. The first-order chi connectivity index (χ1) is 8.26. The Kier molecular flexibility index (Phi) is 5.14. The first-order valence-corrected chi connectivity index (χ1v) is 6.48. The highest BCUT2D eigenvalue weighted by Crippen LogP contribution is 2.28. The molecule has 1 atom stereocenters. The first kappa shape index (κ1) is 15.4. The summed E-state index contributed by atoms with van der Waals surface area (Å²) in [6.07, 6.45) is 0. The SMILES string of the molecule is CN(CC(C)(C)C)C(CN)c1cccc(Cl)c1F. The van der Waals surface area contributed by atoms with E-state index in [0.717, 1.165) is 6.54 Å². The Bertz CT molecular complexity index is 401. The van der Waals surface area contributed by atoms with E-state index in [4.69, 9.17) is 17.3 Å². The number of hydrogen-bond donors (Lipinski definition) is 1. The zero-order valence-corrected chi connectivity index (χ0v) is 12.3. The van der Waals surface area contributed by atoms with Crippen molar-refractivity contribution >= 4 is 11.6 Å². The van der Waals surface area contributed by atoms with Crippen LogP contribution in [0.2, 0.25) is 5.02 Å². The molecule has 0 bridgehead atoms. The zero-order valence-electron chi connectivity index (χ0n) is 11.5. The quantitative estimate of drug-likeness (QED) is 0.910. The molecule has 0 heterocycles. The van der Waals surface area contributed by atoms with E-state index in [9.17, 15) is 4.39 Å². The van der Waals surface area contributed by atoms with E-state index in [2.05, 4.69) is 25.7 Å². The van der Waals surface area contributed by atoms with Crippen LogP contribution in [0.15, 0.2) is 18.2 Å². The van der Waals surface area contributed by atoms with Gasteiger partial charge in [-0.25, -0.2) is 4.39 Å². The molecule has 1 aromatic rings. The highest BCUT2D eigenvalue weighted by molar-refractivity contribution is 6.30. The van der Waals surface area contributed by atoms with E-state index in [1.54, 1.807) is 18.2 Å². The first-order valence-electron chi connectivity index (χ1n) is 6.10. The summed E-state index contributed by atoms with van der Waals surface area (Å²) in [7, 11) is 1.96. The molecule has 0 amide bonds. The second-order valence-corrected chi connectivity index (χ2v) is 6.28. The van der Waals surface area contributed by atoms with Crippen LogP contribution in [0.25, 0.3) is 0 Å². The van der Waals surface area contributed by atoms with Crippen LogP contribution in [0.5, 0.6) is 0 Å². The topological polar surface area (TPSA) is 29.3 Å². The van der Waals surface area contributed by atoms with Gasteiger partial charge in [-0.1, -0.05) is 44.5 Å². The van der Waals surface area contributed by atoms with Gasteiger partial charge in [0.05, 0.1) is 5.02 Å². The average Bonchev–Trinajstić information content (AvgIpc) is 2.22. The molecule has 0 aliphatic heterocycles. The van der Waals surface area contributed by atoms with Gasteiger partial charge in [-0.15, -0.1) is 0 Å². The zero-order chi connectivity index (χ0) is 13.9. The maximum Gasteiger partial charge on any atom is 0.146 e. The van der Waals surface area contributed by atoms with Crippen LogP contribution in [-0.2, 0) is 0 Å². The molecular weight excluding hydrogens is 251 g/mol. The third-order valence-electron chi connectivity index (χ3n) is 2.82. The Labute approximate surface area is 114 Å². The summed E-state index contributed by atoms with van der Waals surface area (Å²) in [6, 6.07) is 4.91. The number of hydrogen-bond acceptors (Lipinski definition) is 2. The maximum atomic E-state index is 14.0. The van der Waals surface area contributed by atoms with Crippen molar-refractivity contribution in [3.63, 3.8) is 0 Å². The minimum absolute atomic E-state index is 0.136. The van der Waals surface area contributed by atoms with E-state index >= 15 is 0 Å². The van der Waals surface area contributed by atoms with Crippen LogP contribution >= 0.6 is 11.6 Å². The van der Waals surface area contributed by atoms with E-state index < -0.39 is 0 Å². The third kappa shape index (κ3) is 3.94. The van der Waals surface area contributed by atoms with Crippen LogP contribution in [0, 0.1) is 11.2 Å². The largest absolute Gasteiger partial charge is 0.329 e. The average molecular weight is 273 g/mol. The summed E-state index contributed by atoms with van der Waals surface area (Å²) in [6.45, 7) is 7.63. The van der Waals surface area contributed by atoms with Crippen molar-refractivity contribution in [1.82, 2.24) is 4.90 Å². The van der Waals surface area contributed by atoms with Gasteiger partial charge in [-0.2, -0.15) is 0 Å². The van der Waals surface area contributed by atoms with Crippen LogP contribution in [-0.4, -0.2) is 25.0 Å². The molecule has 2 N–H and O–H groups in total. The summed E-state index contributed by atoms with van der Waals surface area (Å²) in [5.74, 6) is -0.365. The fourth-order valence-electron chi connectivity index (χ4n) is 2.18. The Morgan fingerprint density at radius 1 is 1.39 bits per heavy atom. The second kappa shape index (κ2) is 6.00. The Hall–Kier alpha value is -0.640. The molecule has 0 aromatic heterocycles. The van der Waals surface area contributed by atoms with Gasteiger partial charge in [-0.3, -0.25) is 4.90 Å². The van der Waals surface area contributed by atoms with Gasteiger partial charge in [0.2, 0.25) is 0 Å². The van der Waals surface area contributed by atoms with Crippen molar-refractivity contribution in [2.45, 2.75) is 26.8 Å². The van der Waals surface area contributed by atoms with Gasteiger partial charge in [0.15, 0.2) is 0 Å². The monoisotopic (exact) mass is 272 g/mol. The summed E-state index contributed by atoms with van der Waals surface area (Å²) < 4.78 is 14.0. The van der Waals surface area contributed by atoms with Crippen molar-refractivity contribution in [1.29, 1.82) is 0 Å². The molecule has 0 radical (unpaired) electrons. The molecule has 0 saturated carbocycles. The van der Waals surface area contributed by atoms with E-state index in [1.165, 1.54) is 0 Å². The molecule has 18 heavy (non-hydrogen) atoms. The highest BCUT2D eigenvalue weighted by Gasteiger charge is 2.23. The number of nitrogens with two attached hydrogens (primary N) is 1. The van der Waals surface area contributed by atoms with Gasteiger partial charge in [-0.05, 0) is 18.5 Å². The van der Waals surface area contributed by atoms with Gasteiger partial charge >= 0.3 is 0 Å². The summed E-state index contributed by atoms with van der Waals surface area (Å²) in [4.78, 5) is 2.08. The molecule has 1 aromatic carbocycles. The Morgan fingerprint density at radius 3 is 2.50 bits per heavy atom.